The molecule has 1 saturated heterocycles. The van der Waals surface area contributed by atoms with E-state index in [9.17, 15) is 4.79 Å². The van der Waals surface area contributed by atoms with E-state index in [1.54, 1.807) is 0 Å². The van der Waals surface area contributed by atoms with Crippen molar-refractivity contribution in [2.24, 2.45) is 0 Å². The fourth-order valence-electron chi connectivity index (χ4n) is 0.874. The zero-order valence-electron chi connectivity index (χ0n) is 6.28. The Balaban J connectivity index is 2.42. The lowest BCUT2D eigenvalue weighted by atomic mass is 10.4. The molecule has 0 N–H and O–H groups in total. The van der Waals surface area contributed by atoms with Crippen LogP contribution in [0.4, 0.5) is 0 Å². The van der Waals surface area contributed by atoms with E-state index < -0.39 is 0 Å². The van der Waals surface area contributed by atoms with Gasteiger partial charge in [0.1, 0.15) is 0 Å². The summed E-state index contributed by atoms with van der Waals surface area (Å²) in [6.07, 6.45) is 1.39. The molecule has 62 valence electrons. The quantitative estimate of drug-likeness (QED) is 0.459. The van der Waals surface area contributed by atoms with Gasteiger partial charge in [0.2, 0.25) is 5.91 Å². The van der Waals surface area contributed by atoms with Crippen molar-refractivity contribution in [1.82, 2.24) is 4.90 Å². The molecule has 0 aromatic heterocycles. The molecule has 1 amide bonds. The van der Waals surface area contributed by atoms with Crippen LogP contribution in [-0.2, 0) is 4.79 Å². The van der Waals surface area contributed by atoms with E-state index in [4.69, 9.17) is 0 Å². The van der Waals surface area contributed by atoms with Crippen molar-refractivity contribution in [1.29, 1.82) is 0 Å². The van der Waals surface area contributed by atoms with Crippen molar-refractivity contribution in [3.8, 4) is 0 Å². The molecular formula is C7H11NOS2. The first-order valence-electron chi connectivity index (χ1n) is 3.50. The predicted octanol–water partition coefficient (Wildman–Crippen LogP) is 1.40. The molecule has 1 aliphatic rings. The number of carbonyl (C=O) groups is 1. The summed E-state index contributed by atoms with van der Waals surface area (Å²) in [7, 11) is 3.67. The number of hydrogen-bond acceptors (Lipinski definition) is 3. The van der Waals surface area contributed by atoms with Gasteiger partial charge in [-0.25, -0.2) is 0 Å². The molecular weight excluding hydrogens is 178 g/mol. The third kappa shape index (κ3) is 2.79. The fraction of sp³-hybridized carbons (Fsp3) is 0.571. The predicted molar refractivity (Wildman–Crippen MR) is 51.7 cm³/mol. The Morgan fingerprint density at radius 3 is 2.36 bits per heavy atom. The summed E-state index contributed by atoms with van der Waals surface area (Å²) in [6, 6.07) is 0. The lowest BCUT2D eigenvalue weighted by Crippen LogP contribution is -2.32. The summed E-state index contributed by atoms with van der Waals surface area (Å²) in [6.45, 7) is 5.19. The molecule has 4 heteroatoms. The summed E-state index contributed by atoms with van der Waals surface area (Å²) in [5.41, 5.74) is 0. The third-order valence-corrected chi connectivity index (χ3v) is 3.82. The van der Waals surface area contributed by atoms with Crippen molar-refractivity contribution < 1.29 is 4.79 Å². The van der Waals surface area contributed by atoms with Crippen molar-refractivity contribution in [2.75, 3.05) is 24.6 Å². The molecule has 0 radical (unpaired) electrons. The lowest BCUT2D eigenvalue weighted by Gasteiger charge is -2.16. The van der Waals surface area contributed by atoms with Gasteiger partial charge < -0.3 is 4.90 Å². The second kappa shape index (κ2) is 4.72. The highest BCUT2D eigenvalue weighted by Crippen LogP contribution is 2.23. The largest absolute Gasteiger partial charge is 0.337 e. The highest BCUT2D eigenvalue weighted by molar-refractivity contribution is 8.76. The zero-order valence-corrected chi connectivity index (χ0v) is 7.92. The first kappa shape index (κ1) is 9.00. The number of rotatable bonds is 1. The highest BCUT2D eigenvalue weighted by atomic mass is 33.1. The minimum absolute atomic E-state index is 0.0631. The molecule has 0 spiro atoms. The standard InChI is InChI=1S/C7H11NOS2/c1-2-7(9)8-3-5-10-11-6-4-8/h2H,1,3-6H2. The average molecular weight is 189 g/mol. The first-order chi connectivity index (χ1) is 5.34. The van der Waals surface area contributed by atoms with Crippen LogP contribution in [0.1, 0.15) is 0 Å². The number of carbonyl (C=O) groups excluding carboxylic acids is 1. The molecule has 2 nitrogen and oxygen atoms in total. The highest BCUT2D eigenvalue weighted by Gasteiger charge is 2.12. The van der Waals surface area contributed by atoms with Crippen LogP contribution >= 0.6 is 21.6 Å². The van der Waals surface area contributed by atoms with E-state index >= 15 is 0 Å². The van der Waals surface area contributed by atoms with Crippen molar-refractivity contribution >= 4 is 27.5 Å². The Labute approximate surface area is 74.8 Å². The Morgan fingerprint density at radius 1 is 1.36 bits per heavy atom. The Hall–Kier alpha value is -0.0900. The van der Waals surface area contributed by atoms with Crippen LogP contribution in [0.15, 0.2) is 12.7 Å². The van der Waals surface area contributed by atoms with E-state index in [2.05, 4.69) is 6.58 Å². The fourth-order valence-corrected chi connectivity index (χ4v) is 2.85. The average Bonchev–Trinajstić information content (AvgIpc) is 2.30. The molecule has 1 rings (SSSR count). The molecule has 1 fully saturated rings. The maximum Gasteiger partial charge on any atom is 0.246 e. The van der Waals surface area contributed by atoms with Crippen LogP contribution in [0, 0.1) is 0 Å². The molecule has 0 aliphatic carbocycles. The molecule has 11 heavy (non-hydrogen) atoms. The Kier molecular flexibility index (Phi) is 3.86. The Morgan fingerprint density at radius 2 is 1.91 bits per heavy atom. The summed E-state index contributed by atoms with van der Waals surface area (Å²) >= 11 is 0. The SMILES string of the molecule is C=CC(=O)N1CCSSCC1. The van der Waals surface area contributed by atoms with Gasteiger partial charge >= 0.3 is 0 Å². The van der Waals surface area contributed by atoms with Crippen molar-refractivity contribution in [3.05, 3.63) is 12.7 Å². The van der Waals surface area contributed by atoms with E-state index in [1.807, 2.05) is 26.5 Å². The molecule has 0 saturated carbocycles. The zero-order chi connectivity index (χ0) is 8.10. The van der Waals surface area contributed by atoms with Crippen LogP contribution < -0.4 is 0 Å². The van der Waals surface area contributed by atoms with Gasteiger partial charge in [-0.2, -0.15) is 0 Å². The van der Waals surface area contributed by atoms with Crippen LogP contribution in [-0.4, -0.2) is 35.4 Å². The van der Waals surface area contributed by atoms with Gasteiger partial charge in [0, 0.05) is 24.6 Å². The molecule has 0 bridgehead atoms. The van der Waals surface area contributed by atoms with Gasteiger partial charge in [-0.1, -0.05) is 28.2 Å². The van der Waals surface area contributed by atoms with Gasteiger partial charge in [-0.05, 0) is 6.08 Å². The van der Waals surface area contributed by atoms with Crippen molar-refractivity contribution in [3.63, 3.8) is 0 Å². The summed E-state index contributed by atoms with van der Waals surface area (Å²) in [5, 5.41) is 0. The summed E-state index contributed by atoms with van der Waals surface area (Å²) in [5.74, 6) is 2.13. The Bertz CT molecular complexity index is 153. The second-order valence-electron chi connectivity index (χ2n) is 2.17. The topological polar surface area (TPSA) is 20.3 Å². The van der Waals surface area contributed by atoms with Gasteiger partial charge in [-0.3, -0.25) is 4.79 Å². The lowest BCUT2D eigenvalue weighted by molar-refractivity contribution is -0.125. The van der Waals surface area contributed by atoms with Gasteiger partial charge in [-0.15, -0.1) is 0 Å². The van der Waals surface area contributed by atoms with E-state index in [-0.39, 0.29) is 5.91 Å². The number of amides is 1. The second-order valence-corrected chi connectivity index (χ2v) is 4.88. The maximum absolute atomic E-state index is 11.1. The summed E-state index contributed by atoms with van der Waals surface area (Å²) in [4.78, 5) is 13.0. The van der Waals surface area contributed by atoms with E-state index in [0.29, 0.717) is 0 Å². The van der Waals surface area contributed by atoms with E-state index in [1.165, 1.54) is 6.08 Å². The molecule has 0 atom stereocenters. The molecule has 0 unspecified atom stereocenters. The third-order valence-electron chi connectivity index (χ3n) is 1.46. The van der Waals surface area contributed by atoms with Gasteiger partial charge in [0.05, 0.1) is 0 Å². The normalized spacial score (nSPS) is 19.1. The van der Waals surface area contributed by atoms with E-state index in [0.717, 1.165) is 24.6 Å². The van der Waals surface area contributed by atoms with Crippen LogP contribution in [0.3, 0.4) is 0 Å². The van der Waals surface area contributed by atoms with Gasteiger partial charge in [0.15, 0.2) is 0 Å². The molecule has 0 aromatic carbocycles. The minimum atomic E-state index is 0.0631. The monoisotopic (exact) mass is 189 g/mol. The minimum Gasteiger partial charge on any atom is -0.337 e. The molecule has 0 aromatic rings. The smallest absolute Gasteiger partial charge is 0.246 e. The van der Waals surface area contributed by atoms with Crippen LogP contribution in [0.5, 0.6) is 0 Å². The number of hydrogen-bond donors (Lipinski definition) is 0. The maximum atomic E-state index is 11.1. The number of nitrogens with zero attached hydrogens (tertiary/aromatic N) is 1. The van der Waals surface area contributed by atoms with Crippen LogP contribution in [0.2, 0.25) is 0 Å². The van der Waals surface area contributed by atoms with Gasteiger partial charge in [0.25, 0.3) is 0 Å². The van der Waals surface area contributed by atoms with Crippen molar-refractivity contribution in [2.45, 2.75) is 0 Å². The molecule has 1 heterocycles. The molecule has 1 aliphatic heterocycles. The summed E-state index contributed by atoms with van der Waals surface area (Å²) < 4.78 is 0. The van der Waals surface area contributed by atoms with Crippen LogP contribution in [0.25, 0.3) is 0 Å². The first-order valence-corrected chi connectivity index (χ1v) is 5.99.